The van der Waals surface area contributed by atoms with Gasteiger partial charge in [0.1, 0.15) is 5.82 Å². The second-order valence-corrected chi connectivity index (χ2v) is 3.27. The minimum absolute atomic E-state index is 0.0376. The molecule has 0 amide bonds. The van der Waals surface area contributed by atoms with E-state index in [1.807, 2.05) is 0 Å². The van der Waals surface area contributed by atoms with Crippen molar-refractivity contribution in [1.29, 1.82) is 0 Å². The summed E-state index contributed by atoms with van der Waals surface area (Å²) < 4.78 is 23.5. The molecule has 0 aromatic carbocycles. The summed E-state index contributed by atoms with van der Waals surface area (Å²) in [5.74, 6) is -2.41. The van der Waals surface area contributed by atoms with Gasteiger partial charge < -0.3 is 5.73 Å². The lowest BCUT2D eigenvalue weighted by atomic mass is 10.7. The molecule has 0 radical (unpaired) electrons. The van der Waals surface area contributed by atoms with Gasteiger partial charge in [-0.15, -0.1) is 0 Å². The van der Waals surface area contributed by atoms with E-state index in [0.29, 0.717) is 11.8 Å². The highest BCUT2D eigenvalue weighted by molar-refractivity contribution is 7.98. The molecule has 2 N–H and O–H groups in total. The van der Waals surface area contributed by atoms with E-state index in [-0.39, 0.29) is 22.8 Å². The summed E-state index contributed by atoms with van der Waals surface area (Å²) in [5, 5.41) is -0.0858. The van der Waals surface area contributed by atoms with Crippen molar-refractivity contribution >= 4 is 29.3 Å². The summed E-state index contributed by atoms with van der Waals surface area (Å²) in [6.07, 6.45) is 0. The van der Waals surface area contributed by atoms with Gasteiger partial charge in [0, 0.05) is 0 Å². The van der Waals surface area contributed by atoms with Crippen LogP contribution in [-0.4, -0.2) is 20.7 Å². The van der Waals surface area contributed by atoms with Gasteiger partial charge in [-0.25, -0.2) is 4.98 Å². The van der Waals surface area contributed by atoms with Gasteiger partial charge in [-0.3, -0.25) is 0 Å². The largest absolute Gasteiger partial charge is 0.368 e. The number of nitrogen functional groups attached to an aromatic ring is 1. The molecular formula is C5H5ClF2N4S. The lowest BCUT2D eigenvalue weighted by molar-refractivity contribution is 0.252. The minimum Gasteiger partial charge on any atom is -0.368 e. The Labute approximate surface area is 81.9 Å². The number of halogens is 3. The molecule has 0 saturated carbocycles. The molecule has 0 unspecified atom stereocenters. The van der Waals surface area contributed by atoms with Crippen LogP contribution in [0.5, 0.6) is 0 Å². The molecule has 13 heavy (non-hydrogen) atoms. The Hall–Kier alpha value is -0.690. The average molecular weight is 227 g/mol. The molecule has 1 rings (SSSR count). The number of thioether (sulfide) groups is 1. The second-order valence-electron chi connectivity index (χ2n) is 1.95. The topological polar surface area (TPSA) is 64.7 Å². The molecule has 0 fully saturated rings. The van der Waals surface area contributed by atoms with Gasteiger partial charge in [-0.05, 0) is 11.6 Å². The molecule has 0 aliphatic heterocycles. The van der Waals surface area contributed by atoms with Crippen LogP contribution in [0.1, 0.15) is 5.82 Å². The van der Waals surface area contributed by atoms with Crippen molar-refractivity contribution in [3.05, 3.63) is 11.1 Å². The quantitative estimate of drug-likeness (QED) is 0.848. The first-order valence-electron chi connectivity index (χ1n) is 3.13. The second kappa shape index (κ2) is 4.52. The number of aromatic nitrogens is 3. The first kappa shape index (κ1) is 10.4. The summed E-state index contributed by atoms with van der Waals surface area (Å²) >= 11 is 5.83. The van der Waals surface area contributed by atoms with Gasteiger partial charge in [0.15, 0.2) is 0 Å². The van der Waals surface area contributed by atoms with E-state index in [1.54, 1.807) is 0 Å². The summed E-state index contributed by atoms with van der Waals surface area (Å²) in [6, 6.07) is 0. The van der Waals surface area contributed by atoms with Crippen LogP contribution in [0.25, 0.3) is 0 Å². The molecular weight excluding hydrogens is 222 g/mol. The SMILES string of the molecule is Nc1nc(Cl)nc(CSC(F)F)n1. The van der Waals surface area contributed by atoms with Crippen molar-refractivity contribution in [2.75, 3.05) is 5.73 Å². The zero-order chi connectivity index (χ0) is 9.84. The minimum atomic E-state index is -2.46. The monoisotopic (exact) mass is 226 g/mol. The van der Waals surface area contributed by atoms with Crippen LogP contribution < -0.4 is 5.73 Å². The highest BCUT2D eigenvalue weighted by atomic mass is 35.5. The fourth-order valence-electron chi connectivity index (χ4n) is 0.610. The van der Waals surface area contributed by atoms with E-state index in [2.05, 4.69) is 15.0 Å². The Morgan fingerprint density at radius 1 is 1.38 bits per heavy atom. The van der Waals surface area contributed by atoms with Crippen LogP contribution in [0.2, 0.25) is 5.28 Å². The number of alkyl halides is 2. The molecule has 0 saturated heterocycles. The van der Waals surface area contributed by atoms with Crippen molar-refractivity contribution in [1.82, 2.24) is 15.0 Å². The Balaban J connectivity index is 2.66. The highest BCUT2D eigenvalue weighted by Crippen LogP contribution is 2.18. The van der Waals surface area contributed by atoms with Gasteiger partial charge in [0.2, 0.25) is 11.2 Å². The fourth-order valence-corrected chi connectivity index (χ4v) is 1.20. The molecule has 0 bridgehead atoms. The third kappa shape index (κ3) is 3.69. The number of rotatable bonds is 3. The van der Waals surface area contributed by atoms with Crippen molar-refractivity contribution < 1.29 is 8.78 Å². The standard InChI is InChI=1S/C5H5ClF2N4S/c6-3-10-2(1-13-4(7)8)11-5(9)12-3/h4H,1H2,(H2,9,10,11,12). The van der Waals surface area contributed by atoms with Gasteiger partial charge in [-0.1, -0.05) is 11.8 Å². The molecule has 0 aliphatic rings. The Morgan fingerprint density at radius 3 is 2.62 bits per heavy atom. The normalized spacial score (nSPS) is 10.8. The summed E-state index contributed by atoms with van der Waals surface area (Å²) in [5.41, 5.74) is 5.22. The fraction of sp³-hybridized carbons (Fsp3) is 0.400. The molecule has 4 nitrogen and oxygen atoms in total. The maximum absolute atomic E-state index is 11.7. The number of hydrogen-bond donors (Lipinski definition) is 1. The van der Waals surface area contributed by atoms with E-state index in [0.717, 1.165) is 0 Å². The van der Waals surface area contributed by atoms with Gasteiger partial charge in [-0.2, -0.15) is 18.7 Å². The predicted octanol–water partition coefficient (Wildman–Crippen LogP) is 1.56. The lowest BCUT2D eigenvalue weighted by Crippen LogP contribution is -2.02. The maximum Gasteiger partial charge on any atom is 0.284 e. The summed E-state index contributed by atoms with van der Waals surface area (Å²) in [6.45, 7) is 0. The van der Waals surface area contributed by atoms with Crippen molar-refractivity contribution in [2.24, 2.45) is 0 Å². The molecule has 0 atom stereocenters. The van der Waals surface area contributed by atoms with E-state index in [1.165, 1.54) is 0 Å². The van der Waals surface area contributed by atoms with Crippen LogP contribution in [0, 0.1) is 0 Å². The smallest absolute Gasteiger partial charge is 0.284 e. The average Bonchev–Trinajstić information content (AvgIpc) is 1.99. The van der Waals surface area contributed by atoms with Gasteiger partial charge >= 0.3 is 0 Å². The van der Waals surface area contributed by atoms with Crippen molar-refractivity contribution in [2.45, 2.75) is 11.5 Å². The van der Waals surface area contributed by atoms with E-state index in [4.69, 9.17) is 17.3 Å². The third-order valence-electron chi connectivity index (χ3n) is 1.01. The zero-order valence-corrected chi connectivity index (χ0v) is 7.82. The van der Waals surface area contributed by atoms with Crippen LogP contribution in [0.3, 0.4) is 0 Å². The van der Waals surface area contributed by atoms with Gasteiger partial charge in [0.05, 0.1) is 5.75 Å². The Bertz CT molecular complexity index is 278. The van der Waals surface area contributed by atoms with Crippen LogP contribution >= 0.6 is 23.4 Å². The van der Waals surface area contributed by atoms with E-state index >= 15 is 0 Å². The summed E-state index contributed by atoms with van der Waals surface area (Å²) in [7, 11) is 0. The van der Waals surface area contributed by atoms with Crippen molar-refractivity contribution in [3.63, 3.8) is 0 Å². The summed E-state index contributed by atoms with van der Waals surface area (Å²) in [4.78, 5) is 10.7. The molecule has 1 aromatic rings. The number of nitrogens with zero attached hydrogens (tertiary/aromatic N) is 3. The van der Waals surface area contributed by atoms with E-state index < -0.39 is 5.76 Å². The molecule has 8 heteroatoms. The van der Waals surface area contributed by atoms with Crippen molar-refractivity contribution in [3.8, 4) is 0 Å². The Morgan fingerprint density at radius 2 is 2.08 bits per heavy atom. The first-order valence-corrected chi connectivity index (χ1v) is 4.56. The van der Waals surface area contributed by atoms with Gasteiger partial charge in [0.25, 0.3) is 5.76 Å². The number of nitrogens with two attached hydrogens (primary N) is 1. The van der Waals surface area contributed by atoms with Crippen LogP contribution in [0.4, 0.5) is 14.7 Å². The molecule has 72 valence electrons. The molecule has 0 spiro atoms. The zero-order valence-electron chi connectivity index (χ0n) is 6.25. The predicted molar refractivity (Wildman–Crippen MR) is 46.5 cm³/mol. The maximum atomic E-state index is 11.7. The molecule has 0 aliphatic carbocycles. The third-order valence-corrected chi connectivity index (χ3v) is 1.86. The Kier molecular flexibility index (Phi) is 3.61. The molecule has 1 aromatic heterocycles. The highest BCUT2D eigenvalue weighted by Gasteiger charge is 2.07. The van der Waals surface area contributed by atoms with E-state index in [9.17, 15) is 8.78 Å². The lowest BCUT2D eigenvalue weighted by Gasteiger charge is -2.00. The van der Waals surface area contributed by atoms with Crippen LogP contribution in [-0.2, 0) is 5.75 Å². The first-order chi connectivity index (χ1) is 6.08. The molecule has 1 heterocycles. The number of anilines is 1. The number of hydrogen-bond acceptors (Lipinski definition) is 5. The van der Waals surface area contributed by atoms with Crippen LogP contribution in [0.15, 0.2) is 0 Å².